The van der Waals surface area contributed by atoms with Crippen LogP contribution < -0.4 is 11.1 Å². The number of nitrogens with zero attached hydrogens (tertiary/aromatic N) is 1. The SMILES string of the molecule is COC(CN=C(N)NCCC(C)C)c1ccccc1.I. The molecule has 3 N–H and O–H groups in total. The van der Waals surface area contributed by atoms with Crippen molar-refractivity contribution in [1.82, 2.24) is 5.32 Å². The van der Waals surface area contributed by atoms with Gasteiger partial charge in [-0.1, -0.05) is 44.2 Å². The number of benzene rings is 1. The van der Waals surface area contributed by atoms with E-state index in [1.807, 2.05) is 30.3 Å². The number of rotatable bonds is 7. The van der Waals surface area contributed by atoms with E-state index in [-0.39, 0.29) is 30.1 Å². The summed E-state index contributed by atoms with van der Waals surface area (Å²) >= 11 is 0. The molecule has 0 heterocycles. The number of guanidine groups is 1. The highest BCUT2D eigenvalue weighted by Gasteiger charge is 2.08. The lowest BCUT2D eigenvalue weighted by Crippen LogP contribution is -2.33. The van der Waals surface area contributed by atoms with E-state index in [0.717, 1.165) is 18.5 Å². The average Bonchev–Trinajstić information content (AvgIpc) is 2.40. The first-order valence-corrected chi connectivity index (χ1v) is 6.75. The maximum absolute atomic E-state index is 5.82. The van der Waals surface area contributed by atoms with Gasteiger partial charge in [-0.3, -0.25) is 4.99 Å². The molecular formula is C15H26IN3O. The molecule has 114 valence electrons. The van der Waals surface area contributed by atoms with E-state index in [1.54, 1.807) is 7.11 Å². The number of halogens is 1. The minimum atomic E-state index is -0.0494. The van der Waals surface area contributed by atoms with Crippen molar-refractivity contribution < 1.29 is 4.74 Å². The lowest BCUT2D eigenvalue weighted by molar-refractivity contribution is 0.111. The van der Waals surface area contributed by atoms with Crippen LogP contribution in [0.5, 0.6) is 0 Å². The average molecular weight is 391 g/mol. The van der Waals surface area contributed by atoms with Crippen molar-refractivity contribution in [2.24, 2.45) is 16.6 Å². The Morgan fingerprint density at radius 3 is 2.50 bits per heavy atom. The topological polar surface area (TPSA) is 59.6 Å². The van der Waals surface area contributed by atoms with Crippen LogP contribution in [-0.2, 0) is 4.74 Å². The van der Waals surface area contributed by atoms with Crippen molar-refractivity contribution in [2.75, 3.05) is 20.2 Å². The lowest BCUT2D eigenvalue weighted by Gasteiger charge is -2.14. The maximum Gasteiger partial charge on any atom is 0.188 e. The minimum Gasteiger partial charge on any atom is -0.375 e. The standard InChI is InChI=1S/C15H25N3O.HI/c1-12(2)9-10-17-15(16)18-11-14(19-3)13-7-5-4-6-8-13;/h4-8,12,14H,9-11H2,1-3H3,(H3,16,17,18);1H. The first-order valence-electron chi connectivity index (χ1n) is 6.75. The maximum atomic E-state index is 5.82. The molecule has 1 unspecified atom stereocenters. The van der Waals surface area contributed by atoms with Gasteiger partial charge in [-0.25, -0.2) is 0 Å². The van der Waals surface area contributed by atoms with Crippen LogP contribution in [0.15, 0.2) is 35.3 Å². The van der Waals surface area contributed by atoms with Crippen molar-refractivity contribution in [3.63, 3.8) is 0 Å². The Hall–Kier alpha value is -0.820. The van der Waals surface area contributed by atoms with Crippen LogP contribution in [0.4, 0.5) is 0 Å². The first kappa shape index (κ1) is 19.2. The second-order valence-electron chi connectivity index (χ2n) is 4.97. The normalized spacial score (nSPS) is 12.9. The Kier molecular flexibility index (Phi) is 10.5. The fraction of sp³-hybridized carbons (Fsp3) is 0.533. The van der Waals surface area contributed by atoms with Gasteiger partial charge in [0.05, 0.1) is 6.54 Å². The van der Waals surface area contributed by atoms with Crippen LogP contribution in [0.2, 0.25) is 0 Å². The smallest absolute Gasteiger partial charge is 0.188 e. The summed E-state index contributed by atoms with van der Waals surface area (Å²) in [7, 11) is 1.69. The molecule has 20 heavy (non-hydrogen) atoms. The fourth-order valence-electron chi connectivity index (χ4n) is 1.71. The molecule has 1 rings (SSSR count). The number of ether oxygens (including phenoxy) is 1. The summed E-state index contributed by atoms with van der Waals surface area (Å²) in [6.45, 7) is 5.76. The van der Waals surface area contributed by atoms with E-state index < -0.39 is 0 Å². The number of hydrogen-bond acceptors (Lipinski definition) is 2. The van der Waals surface area contributed by atoms with Crippen molar-refractivity contribution in [2.45, 2.75) is 26.4 Å². The second-order valence-corrected chi connectivity index (χ2v) is 4.97. The largest absolute Gasteiger partial charge is 0.375 e. The zero-order valence-electron chi connectivity index (χ0n) is 12.5. The summed E-state index contributed by atoms with van der Waals surface area (Å²) in [5, 5.41) is 3.12. The van der Waals surface area contributed by atoms with Gasteiger partial charge >= 0.3 is 0 Å². The van der Waals surface area contributed by atoms with Gasteiger partial charge in [0.1, 0.15) is 6.10 Å². The monoisotopic (exact) mass is 391 g/mol. The van der Waals surface area contributed by atoms with Gasteiger partial charge in [-0.15, -0.1) is 24.0 Å². The minimum absolute atomic E-state index is 0. The van der Waals surface area contributed by atoms with E-state index >= 15 is 0 Å². The Balaban J connectivity index is 0.00000361. The highest BCUT2D eigenvalue weighted by Crippen LogP contribution is 2.15. The molecule has 0 aliphatic heterocycles. The number of methoxy groups -OCH3 is 1. The van der Waals surface area contributed by atoms with E-state index in [9.17, 15) is 0 Å². The third-order valence-electron chi connectivity index (χ3n) is 2.91. The molecule has 4 nitrogen and oxygen atoms in total. The Bertz CT molecular complexity index is 382. The van der Waals surface area contributed by atoms with E-state index in [4.69, 9.17) is 10.5 Å². The highest BCUT2D eigenvalue weighted by molar-refractivity contribution is 14.0. The summed E-state index contributed by atoms with van der Waals surface area (Å²) in [5.74, 6) is 1.15. The summed E-state index contributed by atoms with van der Waals surface area (Å²) in [4.78, 5) is 4.33. The quantitative estimate of drug-likeness (QED) is 0.427. The third kappa shape index (κ3) is 7.69. The molecule has 0 aliphatic carbocycles. The fourth-order valence-corrected chi connectivity index (χ4v) is 1.71. The summed E-state index contributed by atoms with van der Waals surface area (Å²) in [6.07, 6.45) is 1.04. The molecule has 0 radical (unpaired) electrons. The van der Waals surface area contributed by atoms with Gasteiger partial charge in [-0.05, 0) is 17.9 Å². The molecule has 1 aromatic carbocycles. The first-order chi connectivity index (χ1) is 9.13. The molecule has 0 fully saturated rings. The zero-order valence-corrected chi connectivity index (χ0v) is 14.8. The Morgan fingerprint density at radius 2 is 1.95 bits per heavy atom. The molecule has 0 amide bonds. The van der Waals surface area contributed by atoms with Crippen LogP contribution in [0, 0.1) is 5.92 Å². The van der Waals surface area contributed by atoms with E-state index in [1.165, 1.54) is 0 Å². The third-order valence-corrected chi connectivity index (χ3v) is 2.91. The molecule has 5 heteroatoms. The van der Waals surface area contributed by atoms with Gasteiger partial charge in [0.25, 0.3) is 0 Å². The van der Waals surface area contributed by atoms with Crippen LogP contribution in [0.1, 0.15) is 31.9 Å². The molecule has 1 aromatic rings. The van der Waals surface area contributed by atoms with Gasteiger partial charge < -0.3 is 15.8 Å². The van der Waals surface area contributed by atoms with E-state index in [2.05, 4.69) is 24.2 Å². The van der Waals surface area contributed by atoms with E-state index in [0.29, 0.717) is 18.4 Å². The molecular weight excluding hydrogens is 365 g/mol. The predicted octanol–water partition coefficient (Wildman–Crippen LogP) is 2.94. The summed E-state index contributed by atoms with van der Waals surface area (Å²) in [5.41, 5.74) is 6.94. The van der Waals surface area contributed by atoms with Gasteiger partial charge in [0.2, 0.25) is 0 Å². The zero-order chi connectivity index (χ0) is 14.1. The number of aliphatic imine (C=N–C) groups is 1. The van der Waals surface area contributed by atoms with Crippen molar-refractivity contribution in [3.8, 4) is 0 Å². The molecule has 0 saturated heterocycles. The van der Waals surface area contributed by atoms with Gasteiger partial charge in [0.15, 0.2) is 5.96 Å². The molecule has 0 aliphatic rings. The van der Waals surface area contributed by atoms with Crippen molar-refractivity contribution >= 4 is 29.9 Å². The van der Waals surface area contributed by atoms with Gasteiger partial charge in [0, 0.05) is 13.7 Å². The molecule has 1 atom stereocenters. The lowest BCUT2D eigenvalue weighted by atomic mass is 10.1. The predicted molar refractivity (Wildman–Crippen MR) is 95.6 cm³/mol. The molecule has 0 spiro atoms. The second kappa shape index (κ2) is 10.9. The van der Waals surface area contributed by atoms with Crippen LogP contribution in [0.3, 0.4) is 0 Å². The molecule has 0 saturated carbocycles. The number of hydrogen-bond donors (Lipinski definition) is 2. The number of nitrogens with one attached hydrogen (secondary N) is 1. The van der Waals surface area contributed by atoms with Crippen molar-refractivity contribution in [1.29, 1.82) is 0 Å². The number of nitrogens with two attached hydrogens (primary N) is 1. The molecule has 0 aromatic heterocycles. The summed E-state index contributed by atoms with van der Waals surface area (Å²) in [6, 6.07) is 10.0. The summed E-state index contributed by atoms with van der Waals surface area (Å²) < 4.78 is 5.44. The Morgan fingerprint density at radius 1 is 1.30 bits per heavy atom. The molecule has 0 bridgehead atoms. The van der Waals surface area contributed by atoms with Crippen molar-refractivity contribution in [3.05, 3.63) is 35.9 Å². The van der Waals surface area contributed by atoms with Crippen LogP contribution >= 0.6 is 24.0 Å². The van der Waals surface area contributed by atoms with Gasteiger partial charge in [-0.2, -0.15) is 0 Å². The van der Waals surface area contributed by atoms with Crippen LogP contribution in [0.25, 0.3) is 0 Å². The Labute approximate surface area is 139 Å². The van der Waals surface area contributed by atoms with Crippen LogP contribution in [-0.4, -0.2) is 26.2 Å². The highest BCUT2D eigenvalue weighted by atomic mass is 127.